The van der Waals surface area contributed by atoms with Gasteiger partial charge in [0.25, 0.3) is 0 Å². The molecule has 1 heterocycles. The van der Waals surface area contributed by atoms with Gasteiger partial charge in [-0.15, -0.1) is 0 Å². The fourth-order valence-electron chi connectivity index (χ4n) is 3.15. The summed E-state index contributed by atoms with van der Waals surface area (Å²) in [7, 11) is 1.68. The van der Waals surface area contributed by atoms with E-state index in [-0.39, 0.29) is 6.04 Å². The molecule has 4 nitrogen and oxygen atoms in total. The normalized spacial score (nSPS) is 15.6. The van der Waals surface area contributed by atoms with Crippen LogP contribution in [0.2, 0.25) is 0 Å². The van der Waals surface area contributed by atoms with Crippen LogP contribution in [0, 0.1) is 6.92 Å². The molecule has 1 atom stereocenters. The predicted molar refractivity (Wildman–Crippen MR) is 83.5 cm³/mol. The summed E-state index contributed by atoms with van der Waals surface area (Å²) in [5.74, 6) is 1.94. The van der Waals surface area contributed by atoms with E-state index in [4.69, 9.17) is 15.5 Å². The third-order valence-electron chi connectivity index (χ3n) is 4.32. The Morgan fingerprint density at radius 3 is 2.95 bits per heavy atom. The molecule has 0 aliphatic heterocycles. The maximum absolute atomic E-state index is 6.41. The lowest BCUT2D eigenvalue weighted by molar-refractivity contribution is 0.413. The van der Waals surface area contributed by atoms with E-state index in [1.165, 1.54) is 24.2 Å². The minimum Gasteiger partial charge on any atom is -0.497 e. The van der Waals surface area contributed by atoms with Crippen LogP contribution in [0.1, 0.15) is 41.7 Å². The number of nitrogens with zero attached hydrogens (tertiary/aromatic N) is 2. The van der Waals surface area contributed by atoms with E-state index in [0.717, 1.165) is 36.5 Å². The molecular formula is C17H23N3O. The minimum absolute atomic E-state index is 0.0426. The van der Waals surface area contributed by atoms with Crippen LogP contribution in [0.5, 0.6) is 5.75 Å². The largest absolute Gasteiger partial charge is 0.497 e. The van der Waals surface area contributed by atoms with E-state index < -0.39 is 0 Å². The van der Waals surface area contributed by atoms with Crippen molar-refractivity contribution in [3.8, 4) is 5.75 Å². The summed E-state index contributed by atoms with van der Waals surface area (Å²) in [4.78, 5) is 4.71. The molecule has 4 heteroatoms. The van der Waals surface area contributed by atoms with E-state index in [2.05, 4.69) is 17.6 Å². The molecule has 0 saturated heterocycles. The van der Waals surface area contributed by atoms with Gasteiger partial charge in [0.05, 0.1) is 12.8 Å². The second-order valence-electron chi connectivity index (χ2n) is 5.75. The first-order chi connectivity index (χ1) is 10.2. The predicted octanol–water partition coefficient (Wildman–Crippen LogP) is 2.78. The lowest BCUT2D eigenvalue weighted by Gasteiger charge is -2.19. The molecule has 1 aliphatic carbocycles. The van der Waals surface area contributed by atoms with E-state index >= 15 is 0 Å². The van der Waals surface area contributed by atoms with Gasteiger partial charge in [-0.3, -0.25) is 0 Å². The molecule has 1 aromatic carbocycles. The highest BCUT2D eigenvalue weighted by Gasteiger charge is 2.19. The van der Waals surface area contributed by atoms with Crippen molar-refractivity contribution in [2.75, 3.05) is 7.11 Å². The highest BCUT2D eigenvalue weighted by atomic mass is 16.5. The van der Waals surface area contributed by atoms with Gasteiger partial charge in [-0.2, -0.15) is 0 Å². The van der Waals surface area contributed by atoms with Gasteiger partial charge in [0.1, 0.15) is 11.6 Å². The molecule has 1 aromatic heterocycles. The lowest BCUT2D eigenvalue weighted by Crippen LogP contribution is -2.20. The van der Waals surface area contributed by atoms with Gasteiger partial charge < -0.3 is 15.0 Å². The third-order valence-corrected chi connectivity index (χ3v) is 4.32. The summed E-state index contributed by atoms with van der Waals surface area (Å²) >= 11 is 0. The molecule has 0 amide bonds. The number of aromatic nitrogens is 2. The second-order valence-corrected chi connectivity index (χ2v) is 5.75. The Balaban J connectivity index is 1.84. The number of hydrogen-bond acceptors (Lipinski definition) is 3. The molecule has 0 radical (unpaired) electrons. The zero-order chi connectivity index (χ0) is 14.8. The Morgan fingerprint density at radius 1 is 1.33 bits per heavy atom. The van der Waals surface area contributed by atoms with E-state index in [1.807, 2.05) is 18.2 Å². The van der Waals surface area contributed by atoms with Gasteiger partial charge in [0.2, 0.25) is 0 Å². The number of ether oxygens (including phenoxy) is 1. The molecule has 0 fully saturated rings. The smallest absolute Gasteiger partial charge is 0.119 e. The van der Waals surface area contributed by atoms with Crippen molar-refractivity contribution >= 4 is 0 Å². The molecule has 2 N–H and O–H groups in total. The van der Waals surface area contributed by atoms with Crippen LogP contribution in [0.4, 0.5) is 0 Å². The van der Waals surface area contributed by atoms with Crippen molar-refractivity contribution in [2.45, 2.75) is 45.2 Å². The molecule has 0 bridgehead atoms. The van der Waals surface area contributed by atoms with Crippen molar-refractivity contribution < 1.29 is 4.74 Å². The highest BCUT2D eigenvalue weighted by Crippen LogP contribution is 2.25. The quantitative estimate of drug-likeness (QED) is 0.939. The fraction of sp³-hybridized carbons (Fsp3) is 0.471. The first-order valence-corrected chi connectivity index (χ1v) is 7.63. The molecular weight excluding hydrogens is 262 g/mol. The SMILES string of the molecule is COc1cccc(C(N)Cn2c(C)nc3c2CCCC3)c1. The number of hydrogen-bond donors (Lipinski definition) is 1. The summed E-state index contributed by atoms with van der Waals surface area (Å²) in [6.07, 6.45) is 4.75. The molecule has 112 valence electrons. The first-order valence-electron chi connectivity index (χ1n) is 7.63. The number of methoxy groups -OCH3 is 1. The average molecular weight is 285 g/mol. The van der Waals surface area contributed by atoms with Crippen molar-refractivity contribution in [2.24, 2.45) is 5.73 Å². The lowest BCUT2D eigenvalue weighted by atomic mass is 10.0. The van der Waals surface area contributed by atoms with Gasteiger partial charge >= 0.3 is 0 Å². The number of nitrogens with two attached hydrogens (primary N) is 1. The number of benzene rings is 1. The highest BCUT2D eigenvalue weighted by molar-refractivity contribution is 5.30. The summed E-state index contributed by atoms with van der Waals surface area (Å²) in [6, 6.07) is 7.97. The van der Waals surface area contributed by atoms with Gasteiger partial charge in [0, 0.05) is 18.3 Å². The van der Waals surface area contributed by atoms with Crippen LogP contribution >= 0.6 is 0 Å². The molecule has 21 heavy (non-hydrogen) atoms. The van der Waals surface area contributed by atoms with Crippen LogP contribution in [0.3, 0.4) is 0 Å². The topological polar surface area (TPSA) is 53.1 Å². The van der Waals surface area contributed by atoms with Crippen LogP contribution < -0.4 is 10.5 Å². The average Bonchev–Trinajstić information content (AvgIpc) is 2.83. The Labute approximate surface area is 125 Å². The summed E-state index contributed by atoms with van der Waals surface area (Å²) < 4.78 is 7.58. The van der Waals surface area contributed by atoms with Crippen LogP contribution in [0.15, 0.2) is 24.3 Å². The number of rotatable bonds is 4. The molecule has 3 rings (SSSR count). The molecule has 1 aliphatic rings. The van der Waals surface area contributed by atoms with Gasteiger partial charge in [0.15, 0.2) is 0 Å². The second kappa shape index (κ2) is 5.90. The van der Waals surface area contributed by atoms with Crippen LogP contribution in [0.25, 0.3) is 0 Å². The monoisotopic (exact) mass is 285 g/mol. The summed E-state index contributed by atoms with van der Waals surface area (Å²) in [5, 5.41) is 0. The van der Waals surface area contributed by atoms with E-state index in [0.29, 0.717) is 0 Å². The third kappa shape index (κ3) is 2.81. The summed E-state index contributed by atoms with van der Waals surface area (Å²) in [6.45, 7) is 2.86. The minimum atomic E-state index is -0.0426. The Hall–Kier alpha value is -1.81. The maximum Gasteiger partial charge on any atom is 0.119 e. The number of aryl methyl sites for hydroxylation is 2. The zero-order valence-electron chi connectivity index (χ0n) is 12.8. The number of fused-ring (bicyclic) bond motifs is 1. The van der Waals surface area contributed by atoms with Gasteiger partial charge in [-0.1, -0.05) is 12.1 Å². The van der Waals surface area contributed by atoms with Crippen molar-refractivity contribution in [3.05, 3.63) is 47.0 Å². The van der Waals surface area contributed by atoms with Gasteiger partial charge in [-0.05, 0) is 50.3 Å². The van der Waals surface area contributed by atoms with Gasteiger partial charge in [-0.25, -0.2) is 4.98 Å². The van der Waals surface area contributed by atoms with Crippen molar-refractivity contribution in [1.29, 1.82) is 0 Å². The Bertz CT molecular complexity index is 633. The maximum atomic E-state index is 6.41. The molecule has 1 unspecified atom stereocenters. The molecule has 0 saturated carbocycles. The van der Waals surface area contributed by atoms with E-state index in [1.54, 1.807) is 7.11 Å². The van der Waals surface area contributed by atoms with Crippen molar-refractivity contribution in [3.63, 3.8) is 0 Å². The van der Waals surface area contributed by atoms with E-state index in [9.17, 15) is 0 Å². The number of imidazole rings is 1. The first kappa shape index (κ1) is 14.1. The molecule has 2 aromatic rings. The Kier molecular flexibility index (Phi) is 3.97. The van der Waals surface area contributed by atoms with Crippen LogP contribution in [-0.2, 0) is 19.4 Å². The van der Waals surface area contributed by atoms with Crippen LogP contribution in [-0.4, -0.2) is 16.7 Å². The van der Waals surface area contributed by atoms with Crippen molar-refractivity contribution in [1.82, 2.24) is 9.55 Å². The summed E-state index contributed by atoms with van der Waals surface area (Å²) in [5.41, 5.74) is 10.2. The zero-order valence-corrected chi connectivity index (χ0v) is 12.8. The fourth-order valence-corrected chi connectivity index (χ4v) is 3.15. The standard InChI is InChI=1S/C17H23N3O/c1-12-19-16-8-3-4-9-17(16)20(12)11-15(18)13-6-5-7-14(10-13)21-2/h5-7,10,15H,3-4,8-9,11,18H2,1-2H3. The molecule has 0 spiro atoms. The Morgan fingerprint density at radius 2 is 2.14 bits per heavy atom.